The third-order valence-corrected chi connectivity index (χ3v) is 10.6. The normalized spacial score (nSPS) is 12.0. The average Bonchev–Trinajstić information content (AvgIpc) is 3.76. The van der Waals surface area contributed by atoms with Gasteiger partial charge >= 0.3 is 0 Å². The minimum absolute atomic E-state index is 0. The number of rotatable bonds is 9. The van der Waals surface area contributed by atoms with Crippen LogP contribution in [0.3, 0.4) is 0 Å². The van der Waals surface area contributed by atoms with Gasteiger partial charge in [0.25, 0.3) is 0 Å². The summed E-state index contributed by atoms with van der Waals surface area (Å²) in [4.78, 5) is 13.8. The molecule has 0 aliphatic carbocycles. The molecule has 0 fully saturated rings. The molecule has 2 aromatic heterocycles. The molecule has 3 heterocycles. The van der Waals surface area contributed by atoms with Gasteiger partial charge in [0.15, 0.2) is 0 Å². The van der Waals surface area contributed by atoms with Crippen molar-refractivity contribution in [3.05, 3.63) is 218 Å². The first kappa shape index (κ1) is 43.6. The Bertz CT molecular complexity index is 2570. The summed E-state index contributed by atoms with van der Waals surface area (Å²) in [6.45, 7) is 11.0. The number of aromatic nitrogens is 2. The van der Waals surface area contributed by atoms with E-state index in [4.69, 9.17) is 9.97 Å². The summed E-state index contributed by atoms with van der Waals surface area (Å²) in [7, 11) is 1.99. The number of nitrogens with zero attached hydrogens (tertiary/aromatic N) is 4. The van der Waals surface area contributed by atoms with Crippen LogP contribution in [-0.4, -0.2) is 21.9 Å². The van der Waals surface area contributed by atoms with Gasteiger partial charge in [-0.15, -0.1) is 108 Å². The van der Waals surface area contributed by atoms with Crippen molar-refractivity contribution in [3.63, 3.8) is 0 Å². The maximum absolute atomic E-state index is 13.7. The summed E-state index contributed by atoms with van der Waals surface area (Å²) < 4.78 is 13.7. The van der Waals surface area contributed by atoms with Crippen molar-refractivity contribution >= 4 is 5.82 Å². The van der Waals surface area contributed by atoms with E-state index in [1.807, 2.05) is 90.5 Å². The van der Waals surface area contributed by atoms with Gasteiger partial charge in [-0.2, -0.15) is 0 Å². The maximum Gasteiger partial charge on any atom is 0.0949 e. The Morgan fingerprint density at radius 3 is 1.48 bits per heavy atom. The van der Waals surface area contributed by atoms with Crippen LogP contribution in [0.4, 0.5) is 10.2 Å². The molecule has 6 aromatic carbocycles. The smallest absolute Gasteiger partial charge is 0.0949 e. The Morgan fingerprint density at radius 1 is 0.516 bits per heavy atom. The summed E-state index contributed by atoms with van der Waals surface area (Å²) >= 11 is 0. The van der Waals surface area contributed by atoms with Crippen LogP contribution in [0.15, 0.2) is 176 Å². The predicted octanol–water partition coefficient (Wildman–Crippen LogP) is 14.3. The Morgan fingerprint density at radius 2 is 1.02 bits per heavy atom. The van der Waals surface area contributed by atoms with Gasteiger partial charge in [0, 0.05) is 25.9 Å². The quantitative estimate of drug-likeness (QED) is 0.135. The van der Waals surface area contributed by atoms with E-state index >= 15 is 0 Å². The van der Waals surface area contributed by atoms with Crippen LogP contribution in [0.1, 0.15) is 50.7 Å². The zero-order valence-electron chi connectivity index (χ0n) is 35.5. The standard InChI is InChI=1S/C33H32FN3.C23H15N.Ir/c1-22(2)29-17-26(24-9-7-6-8-10-24)18-30(23(3)4)33(29)27-19-31(25-11-13-28(34)14-12-25)35-32(20-27)37-16-15-36(5)21-37;1-4-10-18(11-5-1)21-16-22(19-12-6-2-7-13-19)24-23(17-21)20-14-8-3-9-15-20;/h6-11,13-23H,1-5H3;1-12,14,16-17H;/q2*-2;. The van der Waals surface area contributed by atoms with Crippen LogP contribution in [0.25, 0.3) is 67.2 Å². The number of hydrogen-bond acceptors (Lipinski definition) is 4. The van der Waals surface area contributed by atoms with Gasteiger partial charge in [0.05, 0.1) is 5.82 Å². The SMILES string of the molecule is CC(C)c1cc(-c2ccccc2)cc(C(C)C)c1-c1cc(-c2[c-]cc(F)cc2)nc(N2C=CN(C)[CH-]2)c1.[Ir].[c-]1ccccc1-c1cc(-c2ccccc2)cc(-c2[c-]cccc2)n1. The first-order valence-corrected chi connectivity index (χ1v) is 20.7. The van der Waals surface area contributed by atoms with Crippen molar-refractivity contribution < 1.29 is 24.5 Å². The van der Waals surface area contributed by atoms with Crippen LogP contribution >= 0.6 is 0 Å². The summed E-state index contributed by atoms with van der Waals surface area (Å²) in [5.74, 6) is 1.14. The fourth-order valence-electron chi connectivity index (χ4n) is 7.52. The zero-order chi connectivity index (χ0) is 42.3. The molecule has 0 N–H and O–H groups in total. The molecule has 4 nitrogen and oxygen atoms in total. The molecule has 0 spiro atoms. The van der Waals surface area contributed by atoms with Crippen molar-refractivity contribution in [3.8, 4) is 67.2 Å². The summed E-state index contributed by atoms with van der Waals surface area (Å²) in [6.07, 6.45) is 3.99. The van der Waals surface area contributed by atoms with E-state index in [9.17, 15) is 4.39 Å². The van der Waals surface area contributed by atoms with Gasteiger partial charge in [-0.1, -0.05) is 119 Å². The molecule has 0 unspecified atom stereocenters. The Balaban J connectivity index is 0.000000200. The topological polar surface area (TPSA) is 32.3 Å². The van der Waals surface area contributed by atoms with Gasteiger partial charge in [-0.05, 0) is 98.9 Å². The molecule has 311 valence electrons. The van der Waals surface area contributed by atoms with Gasteiger partial charge in [-0.3, -0.25) is 9.37 Å². The largest absolute Gasteiger partial charge is 0.510 e. The van der Waals surface area contributed by atoms with E-state index in [0.29, 0.717) is 11.8 Å². The molecule has 9 rings (SSSR count). The number of hydrogen-bond donors (Lipinski definition) is 0. The number of pyridine rings is 2. The monoisotopic (exact) mass is 987 g/mol. The molecule has 1 radical (unpaired) electrons. The van der Waals surface area contributed by atoms with Crippen LogP contribution < -0.4 is 4.90 Å². The third kappa shape index (κ3) is 10.2. The van der Waals surface area contributed by atoms with E-state index in [1.165, 1.54) is 45.5 Å². The van der Waals surface area contributed by atoms with Gasteiger partial charge in [0.1, 0.15) is 0 Å². The molecule has 1 aliphatic heterocycles. The number of halogens is 1. The average molecular weight is 987 g/mol. The van der Waals surface area contributed by atoms with Crippen molar-refractivity contribution in [2.75, 3.05) is 11.9 Å². The summed E-state index contributed by atoms with van der Waals surface area (Å²) in [5, 5.41) is 0. The molecular weight excluding hydrogens is 940 g/mol. The minimum atomic E-state index is -0.307. The fourth-order valence-corrected chi connectivity index (χ4v) is 7.52. The van der Waals surface area contributed by atoms with Crippen molar-refractivity contribution in [1.29, 1.82) is 0 Å². The molecular formula is C56H47FIrN4-4. The number of anilines is 1. The van der Waals surface area contributed by atoms with Crippen molar-refractivity contribution in [1.82, 2.24) is 14.9 Å². The Kier molecular flexibility index (Phi) is 14.0. The summed E-state index contributed by atoms with van der Waals surface area (Å²) in [5.41, 5.74) is 15.1. The molecule has 0 atom stereocenters. The molecule has 0 amide bonds. The predicted molar refractivity (Wildman–Crippen MR) is 249 cm³/mol. The van der Waals surface area contributed by atoms with Crippen molar-refractivity contribution in [2.45, 2.75) is 39.5 Å². The molecule has 0 bridgehead atoms. The van der Waals surface area contributed by atoms with Gasteiger partial charge in [0.2, 0.25) is 0 Å². The second-order valence-electron chi connectivity index (χ2n) is 15.8. The maximum atomic E-state index is 13.7. The molecule has 0 saturated heterocycles. The van der Waals surface area contributed by atoms with Crippen molar-refractivity contribution in [2.24, 2.45) is 0 Å². The second kappa shape index (κ2) is 19.9. The van der Waals surface area contributed by atoms with E-state index in [0.717, 1.165) is 50.7 Å². The second-order valence-corrected chi connectivity index (χ2v) is 15.8. The molecule has 62 heavy (non-hydrogen) atoms. The van der Waals surface area contributed by atoms with E-state index in [1.54, 1.807) is 6.07 Å². The first-order chi connectivity index (χ1) is 29.7. The fraction of sp³-hybridized carbons (Fsp3) is 0.125. The van der Waals surface area contributed by atoms with E-state index in [2.05, 4.69) is 137 Å². The van der Waals surface area contributed by atoms with Crippen LogP contribution in [0, 0.1) is 30.7 Å². The Hall–Kier alpha value is -6.46. The van der Waals surface area contributed by atoms with Crippen LogP contribution in [0.2, 0.25) is 0 Å². The molecule has 0 saturated carbocycles. The minimum Gasteiger partial charge on any atom is -0.510 e. The summed E-state index contributed by atoms with van der Waals surface area (Å²) in [6, 6.07) is 64.2. The van der Waals surface area contributed by atoms with Gasteiger partial charge in [-0.25, -0.2) is 0 Å². The molecule has 6 heteroatoms. The van der Waals surface area contributed by atoms with E-state index in [-0.39, 0.29) is 25.9 Å². The Labute approximate surface area is 379 Å². The van der Waals surface area contributed by atoms with E-state index < -0.39 is 0 Å². The third-order valence-electron chi connectivity index (χ3n) is 10.6. The molecule has 8 aromatic rings. The van der Waals surface area contributed by atoms with Crippen LogP contribution in [-0.2, 0) is 20.1 Å². The zero-order valence-corrected chi connectivity index (χ0v) is 37.9. The van der Waals surface area contributed by atoms with Crippen LogP contribution in [0.5, 0.6) is 0 Å². The number of benzene rings is 6. The molecule has 1 aliphatic rings. The first-order valence-electron chi connectivity index (χ1n) is 20.7. The van der Waals surface area contributed by atoms with Gasteiger partial charge < -0.3 is 14.8 Å².